The number of ether oxygens (including phenoxy) is 3. The molecule has 304 valence electrons. The summed E-state index contributed by atoms with van der Waals surface area (Å²) < 4.78 is 18.1. The molecule has 58 heavy (non-hydrogen) atoms. The molecule has 0 aliphatic heterocycles. The third kappa shape index (κ3) is 14.9. The molecular formula is C49H57N3O6. The standard InChI is InChI=1S/C49H57N3O6/c1-35(2)28-46(53)51-45(30-38-22-26-44(27-23-38)58-33-41-18-12-7-13-19-41)48(54)52-47(36(3)4)49(55)50-42(34-56-31-39-14-8-5-9-15-39)29-37-20-24-43(25-21-37)57-32-40-16-10-6-11-17-40/h5-27,35-36,42,45,47H,28-34H2,1-4H3,(H,50,55)(H,51,53)(H,52,54)/t42-,45-,47-/m0/s1. The summed E-state index contributed by atoms with van der Waals surface area (Å²) >= 11 is 0. The maximum Gasteiger partial charge on any atom is 0.243 e. The Morgan fingerprint density at radius 2 is 0.966 bits per heavy atom. The number of rotatable bonds is 22. The molecular weight excluding hydrogens is 727 g/mol. The van der Waals surface area contributed by atoms with Gasteiger partial charge in [0.1, 0.15) is 36.8 Å². The Bertz CT molecular complexity index is 1970. The molecule has 0 radical (unpaired) electrons. The first-order valence-corrected chi connectivity index (χ1v) is 20.1. The maximum absolute atomic E-state index is 14.1. The molecule has 0 aliphatic carbocycles. The van der Waals surface area contributed by atoms with Crippen LogP contribution in [0.2, 0.25) is 0 Å². The van der Waals surface area contributed by atoms with Crippen LogP contribution in [0.5, 0.6) is 11.5 Å². The van der Waals surface area contributed by atoms with Gasteiger partial charge >= 0.3 is 0 Å². The zero-order chi connectivity index (χ0) is 41.1. The lowest BCUT2D eigenvalue weighted by molar-refractivity contribution is -0.133. The second kappa shape index (κ2) is 22.7. The van der Waals surface area contributed by atoms with Crippen molar-refractivity contribution in [2.24, 2.45) is 11.8 Å². The lowest BCUT2D eigenvalue weighted by Crippen LogP contribution is -2.57. The van der Waals surface area contributed by atoms with Gasteiger partial charge in [0, 0.05) is 12.8 Å². The highest BCUT2D eigenvalue weighted by atomic mass is 16.5. The predicted octanol–water partition coefficient (Wildman–Crippen LogP) is 8.00. The van der Waals surface area contributed by atoms with Gasteiger partial charge in [0.15, 0.2) is 0 Å². The Morgan fingerprint density at radius 3 is 1.43 bits per heavy atom. The summed E-state index contributed by atoms with van der Waals surface area (Å²) in [6.07, 6.45) is 1.01. The number of nitrogens with one attached hydrogen (secondary N) is 3. The van der Waals surface area contributed by atoms with Crippen molar-refractivity contribution in [1.29, 1.82) is 0 Å². The molecule has 0 bridgehead atoms. The van der Waals surface area contributed by atoms with E-state index in [1.807, 2.05) is 167 Å². The molecule has 5 rings (SSSR count). The molecule has 0 spiro atoms. The van der Waals surface area contributed by atoms with E-state index in [0.717, 1.165) is 33.6 Å². The highest BCUT2D eigenvalue weighted by molar-refractivity contribution is 5.92. The smallest absolute Gasteiger partial charge is 0.243 e. The normalized spacial score (nSPS) is 12.7. The van der Waals surface area contributed by atoms with Crippen LogP contribution in [-0.2, 0) is 51.8 Å². The van der Waals surface area contributed by atoms with Crippen molar-refractivity contribution in [1.82, 2.24) is 16.0 Å². The van der Waals surface area contributed by atoms with E-state index in [1.165, 1.54) is 0 Å². The van der Waals surface area contributed by atoms with Gasteiger partial charge in [-0.25, -0.2) is 0 Å². The number of hydrogen-bond donors (Lipinski definition) is 3. The highest BCUT2D eigenvalue weighted by Gasteiger charge is 2.30. The van der Waals surface area contributed by atoms with E-state index in [2.05, 4.69) is 16.0 Å². The van der Waals surface area contributed by atoms with Crippen LogP contribution < -0.4 is 25.4 Å². The topological polar surface area (TPSA) is 115 Å². The van der Waals surface area contributed by atoms with Crippen molar-refractivity contribution in [3.63, 3.8) is 0 Å². The summed E-state index contributed by atoms with van der Waals surface area (Å²) in [5, 5.41) is 9.09. The summed E-state index contributed by atoms with van der Waals surface area (Å²) in [6, 6.07) is 43.0. The van der Waals surface area contributed by atoms with Crippen LogP contribution in [0.3, 0.4) is 0 Å². The summed E-state index contributed by atoms with van der Waals surface area (Å²) in [5.41, 5.74) is 5.01. The Morgan fingerprint density at radius 1 is 0.500 bits per heavy atom. The van der Waals surface area contributed by atoms with Crippen molar-refractivity contribution < 1.29 is 28.6 Å². The van der Waals surface area contributed by atoms with Crippen LogP contribution in [0.15, 0.2) is 140 Å². The lowest BCUT2D eigenvalue weighted by atomic mass is 9.99. The number of amides is 3. The van der Waals surface area contributed by atoms with Gasteiger partial charge in [-0.15, -0.1) is 0 Å². The molecule has 3 amide bonds. The van der Waals surface area contributed by atoms with Crippen molar-refractivity contribution in [3.05, 3.63) is 167 Å². The van der Waals surface area contributed by atoms with E-state index >= 15 is 0 Å². The van der Waals surface area contributed by atoms with E-state index in [4.69, 9.17) is 14.2 Å². The molecule has 3 N–H and O–H groups in total. The second-order valence-electron chi connectivity index (χ2n) is 15.4. The van der Waals surface area contributed by atoms with Gasteiger partial charge in [-0.3, -0.25) is 14.4 Å². The van der Waals surface area contributed by atoms with E-state index in [0.29, 0.717) is 32.0 Å². The van der Waals surface area contributed by atoms with Crippen molar-refractivity contribution in [2.75, 3.05) is 6.61 Å². The zero-order valence-electron chi connectivity index (χ0n) is 34.1. The molecule has 3 atom stereocenters. The zero-order valence-corrected chi connectivity index (χ0v) is 34.1. The second-order valence-corrected chi connectivity index (χ2v) is 15.4. The predicted molar refractivity (Wildman–Crippen MR) is 228 cm³/mol. The van der Waals surface area contributed by atoms with Crippen molar-refractivity contribution in [3.8, 4) is 11.5 Å². The molecule has 9 nitrogen and oxygen atoms in total. The number of carbonyl (C=O) groups excluding carboxylic acids is 3. The van der Waals surface area contributed by atoms with Crippen LogP contribution in [0, 0.1) is 11.8 Å². The first-order valence-electron chi connectivity index (χ1n) is 20.1. The van der Waals surface area contributed by atoms with Crippen LogP contribution in [0.25, 0.3) is 0 Å². The first-order chi connectivity index (χ1) is 28.1. The average molecular weight is 784 g/mol. The third-order valence-corrected chi connectivity index (χ3v) is 9.53. The molecule has 0 unspecified atom stereocenters. The van der Waals surface area contributed by atoms with E-state index in [-0.39, 0.29) is 43.1 Å². The first kappa shape index (κ1) is 43.2. The SMILES string of the molecule is CC(C)CC(=O)N[C@@H](Cc1ccc(OCc2ccccc2)cc1)C(=O)N[C@H](C(=O)N[C@H](COCc1ccccc1)Cc1ccc(OCc2ccccc2)cc1)C(C)C. The van der Waals surface area contributed by atoms with E-state index < -0.39 is 24.0 Å². The van der Waals surface area contributed by atoms with E-state index in [9.17, 15) is 14.4 Å². The fourth-order valence-corrected chi connectivity index (χ4v) is 6.40. The molecule has 0 aromatic heterocycles. The number of benzene rings is 5. The maximum atomic E-state index is 14.1. The average Bonchev–Trinajstić information content (AvgIpc) is 3.22. The Labute approximate surface area is 343 Å². The molecule has 0 saturated heterocycles. The molecule has 5 aromatic carbocycles. The van der Waals surface area contributed by atoms with Crippen molar-refractivity contribution >= 4 is 17.7 Å². The lowest BCUT2D eigenvalue weighted by Gasteiger charge is -2.28. The Balaban J connectivity index is 1.25. The molecule has 0 heterocycles. The molecule has 0 aliphatic rings. The molecule has 9 heteroatoms. The minimum atomic E-state index is -0.899. The van der Waals surface area contributed by atoms with Gasteiger partial charge in [0.2, 0.25) is 17.7 Å². The van der Waals surface area contributed by atoms with Crippen LogP contribution in [0.4, 0.5) is 0 Å². The summed E-state index contributed by atoms with van der Waals surface area (Å²) in [7, 11) is 0. The molecule has 5 aromatic rings. The van der Waals surface area contributed by atoms with Gasteiger partial charge in [-0.1, -0.05) is 143 Å². The summed E-state index contributed by atoms with van der Waals surface area (Å²) in [4.78, 5) is 41.1. The van der Waals surface area contributed by atoms with Crippen LogP contribution in [0.1, 0.15) is 61.9 Å². The highest BCUT2D eigenvalue weighted by Crippen LogP contribution is 2.18. The number of carbonyl (C=O) groups is 3. The monoisotopic (exact) mass is 783 g/mol. The van der Waals surface area contributed by atoms with Crippen molar-refractivity contribution in [2.45, 2.75) is 84.9 Å². The van der Waals surface area contributed by atoms with Gasteiger partial charge in [0.05, 0.1) is 19.3 Å². The fourth-order valence-electron chi connectivity index (χ4n) is 6.40. The Hall–Kier alpha value is -5.93. The minimum absolute atomic E-state index is 0.109. The largest absolute Gasteiger partial charge is 0.489 e. The van der Waals surface area contributed by atoms with Crippen LogP contribution >= 0.6 is 0 Å². The quantitative estimate of drug-likeness (QED) is 0.0656. The Kier molecular flexibility index (Phi) is 16.9. The molecule has 0 saturated carbocycles. The van der Waals surface area contributed by atoms with E-state index in [1.54, 1.807) is 0 Å². The van der Waals surface area contributed by atoms with Gasteiger partial charge < -0.3 is 30.2 Å². The number of hydrogen-bond acceptors (Lipinski definition) is 6. The van der Waals surface area contributed by atoms with Gasteiger partial charge in [0.25, 0.3) is 0 Å². The van der Waals surface area contributed by atoms with Gasteiger partial charge in [-0.2, -0.15) is 0 Å². The summed E-state index contributed by atoms with van der Waals surface area (Å²) in [6.45, 7) is 9.23. The van der Waals surface area contributed by atoms with Crippen LogP contribution in [-0.4, -0.2) is 42.5 Å². The molecule has 0 fully saturated rings. The minimum Gasteiger partial charge on any atom is -0.489 e. The summed E-state index contributed by atoms with van der Waals surface area (Å²) in [5.74, 6) is 0.324. The fraction of sp³-hybridized carbons (Fsp3) is 0.327. The third-order valence-electron chi connectivity index (χ3n) is 9.53. The van der Waals surface area contributed by atoms with Gasteiger partial charge in [-0.05, 0) is 70.3 Å².